The maximum absolute atomic E-state index is 11.1. The second-order valence-electron chi connectivity index (χ2n) is 2.85. The normalized spacial score (nSPS) is 10.2. The van der Waals surface area contributed by atoms with Crippen molar-refractivity contribution in [3.63, 3.8) is 0 Å². The van der Waals surface area contributed by atoms with Crippen molar-refractivity contribution in [3.8, 4) is 0 Å². The Bertz CT molecular complexity index is 298. The van der Waals surface area contributed by atoms with E-state index in [4.69, 9.17) is 0 Å². The van der Waals surface area contributed by atoms with Crippen molar-refractivity contribution >= 4 is 15.9 Å². The molecule has 0 radical (unpaired) electrons. The summed E-state index contributed by atoms with van der Waals surface area (Å²) in [6.07, 6.45) is 6.65. The van der Waals surface area contributed by atoms with E-state index >= 15 is 0 Å². The minimum absolute atomic E-state index is 0.152. The number of unbranched alkanes of at least 4 members (excludes halogenated alkanes) is 2. The third kappa shape index (κ3) is 3.72. The van der Waals surface area contributed by atoms with E-state index < -0.39 is 0 Å². The highest BCUT2D eigenvalue weighted by molar-refractivity contribution is 9.09. The van der Waals surface area contributed by atoms with Crippen molar-refractivity contribution in [1.82, 2.24) is 9.55 Å². The molecule has 0 saturated carbocycles. The fraction of sp³-hybridized carbons (Fsp3) is 0.556. The highest BCUT2D eigenvalue weighted by Gasteiger charge is 1.93. The zero-order valence-electron chi connectivity index (χ0n) is 7.45. The van der Waals surface area contributed by atoms with Crippen molar-refractivity contribution in [2.45, 2.75) is 25.8 Å². The van der Waals surface area contributed by atoms with Crippen LogP contribution in [0.25, 0.3) is 0 Å². The van der Waals surface area contributed by atoms with Gasteiger partial charge in [0.15, 0.2) is 0 Å². The topological polar surface area (TPSA) is 34.9 Å². The second kappa shape index (κ2) is 5.91. The van der Waals surface area contributed by atoms with Crippen LogP contribution in [-0.2, 0) is 6.54 Å². The van der Waals surface area contributed by atoms with E-state index in [9.17, 15) is 4.79 Å². The molecule has 1 heterocycles. The maximum atomic E-state index is 11.1. The van der Waals surface area contributed by atoms with E-state index in [2.05, 4.69) is 20.9 Å². The van der Waals surface area contributed by atoms with Gasteiger partial charge in [-0.2, -0.15) is 0 Å². The Morgan fingerprint density at radius 3 is 2.92 bits per heavy atom. The molecule has 13 heavy (non-hydrogen) atoms. The summed E-state index contributed by atoms with van der Waals surface area (Å²) < 4.78 is 1.65. The van der Waals surface area contributed by atoms with Crippen LogP contribution in [0.1, 0.15) is 19.3 Å². The van der Waals surface area contributed by atoms with Gasteiger partial charge in [-0.25, -0.2) is 9.78 Å². The molecule has 1 aromatic rings. The number of hydrogen-bond donors (Lipinski definition) is 0. The molecule has 72 valence electrons. The summed E-state index contributed by atoms with van der Waals surface area (Å²) in [6.45, 7) is 0.777. The third-order valence-electron chi connectivity index (χ3n) is 1.82. The van der Waals surface area contributed by atoms with Crippen LogP contribution in [-0.4, -0.2) is 14.9 Å². The minimum Gasteiger partial charge on any atom is -0.299 e. The molecule has 1 rings (SSSR count). The molecule has 0 amide bonds. The number of alkyl halides is 1. The Balaban J connectivity index is 2.37. The lowest BCUT2D eigenvalue weighted by atomic mass is 10.2. The van der Waals surface area contributed by atoms with Gasteiger partial charge in [-0.1, -0.05) is 22.4 Å². The Hall–Kier alpha value is -0.640. The van der Waals surface area contributed by atoms with Gasteiger partial charge in [-0.05, 0) is 18.9 Å². The van der Waals surface area contributed by atoms with Crippen molar-refractivity contribution in [2.24, 2.45) is 0 Å². The van der Waals surface area contributed by atoms with Gasteiger partial charge in [0.25, 0.3) is 0 Å². The number of aromatic nitrogens is 2. The van der Waals surface area contributed by atoms with Crippen LogP contribution in [0, 0.1) is 0 Å². The molecule has 0 fully saturated rings. The van der Waals surface area contributed by atoms with Gasteiger partial charge in [0.1, 0.15) is 0 Å². The molecule has 0 aliphatic carbocycles. The molecule has 4 heteroatoms. The largest absolute Gasteiger partial charge is 0.347 e. The zero-order chi connectivity index (χ0) is 9.52. The lowest BCUT2D eigenvalue weighted by Gasteiger charge is -2.02. The minimum atomic E-state index is -0.152. The van der Waals surface area contributed by atoms with Gasteiger partial charge in [-0.3, -0.25) is 4.57 Å². The molecule has 0 bridgehead atoms. The smallest absolute Gasteiger partial charge is 0.299 e. The highest BCUT2D eigenvalue weighted by atomic mass is 79.9. The second-order valence-corrected chi connectivity index (χ2v) is 3.64. The van der Waals surface area contributed by atoms with Gasteiger partial charge < -0.3 is 0 Å². The van der Waals surface area contributed by atoms with E-state index in [0.717, 1.165) is 31.1 Å². The van der Waals surface area contributed by atoms with E-state index in [0.29, 0.717) is 0 Å². The van der Waals surface area contributed by atoms with Crippen LogP contribution in [0.3, 0.4) is 0 Å². The zero-order valence-corrected chi connectivity index (χ0v) is 9.03. The summed E-state index contributed by atoms with van der Waals surface area (Å²) in [5.74, 6) is 0. The molecule has 3 nitrogen and oxygen atoms in total. The Morgan fingerprint density at radius 1 is 1.38 bits per heavy atom. The summed E-state index contributed by atoms with van der Waals surface area (Å²) >= 11 is 3.37. The van der Waals surface area contributed by atoms with Crippen LogP contribution >= 0.6 is 15.9 Å². The molecule has 0 aromatic carbocycles. The summed E-state index contributed by atoms with van der Waals surface area (Å²) in [7, 11) is 0. The number of aryl methyl sites for hydroxylation is 1. The Kier molecular flexibility index (Phi) is 4.75. The summed E-state index contributed by atoms with van der Waals surface area (Å²) in [5.41, 5.74) is -0.152. The number of hydrogen-bond acceptors (Lipinski definition) is 2. The molecular formula is C9H13BrN2O. The van der Waals surface area contributed by atoms with Gasteiger partial charge in [0.05, 0.1) is 0 Å². The maximum Gasteiger partial charge on any atom is 0.347 e. The average Bonchev–Trinajstić information content (AvgIpc) is 2.15. The number of rotatable bonds is 5. The first kappa shape index (κ1) is 10.4. The summed E-state index contributed by atoms with van der Waals surface area (Å²) in [5, 5.41) is 1.04. The van der Waals surface area contributed by atoms with Crippen LogP contribution in [0.4, 0.5) is 0 Å². The summed E-state index contributed by atoms with van der Waals surface area (Å²) in [4.78, 5) is 14.8. The van der Waals surface area contributed by atoms with Gasteiger partial charge in [0.2, 0.25) is 0 Å². The SMILES string of the molecule is O=c1ncccn1CCCCCBr. The molecule has 0 aliphatic heterocycles. The standard InChI is InChI=1S/C9H13BrN2O/c10-5-2-1-3-7-12-8-4-6-11-9(12)13/h4,6,8H,1-3,5,7H2. The van der Waals surface area contributed by atoms with Crippen LogP contribution < -0.4 is 5.69 Å². The molecule has 0 aliphatic rings. The molecule has 0 unspecified atom stereocenters. The van der Waals surface area contributed by atoms with Gasteiger partial charge in [-0.15, -0.1) is 0 Å². The first-order valence-corrected chi connectivity index (χ1v) is 5.54. The predicted octanol–water partition coefficient (Wildman–Crippen LogP) is 1.81. The molecule has 0 spiro atoms. The molecule has 0 saturated heterocycles. The molecule has 0 N–H and O–H groups in total. The van der Waals surface area contributed by atoms with Gasteiger partial charge in [0, 0.05) is 24.3 Å². The van der Waals surface area contributed by atoms with Crippen molar-refractivity contribution in [3.05, 3.63) is 28.9 Å². The Labute approximate surface area is 85.9 Å². The predicted molar refractivity (Wildman–Crippen MR) is 56.1 cm³/mol. The highest BCUT2D eigenvalue weighted by Crippen LogP contribution is 1.99. The number of nitrogens with zero attached hydrogens (tertiary/aromatic N) is 2. The molecule has 1 aromatic heterocycles. The summed E-state index contributed by atoms with van der Waals surface area (Å²) in [6, 6.07) is 1.78. The first-order valence-electron chi connectivity index (χ1n) is 4.42. The fourth-order valence-electron chi connectivity index (χ4n) is 1.11. The molecule has 0 atom stereocenters. The van der Waals surface area contributed by atoms with Crippen molar-refractivity contribution in [1.29, 1.82) is 0 Å². The van der Waals surface area contributed by atoms with E-state index in [1.165, 1.54) is 6.20 Å². The van der Waals surface area contributed by atoms with Crippen LogP contribution in [0.5, 0.6) is 0 Å². The monoisotopic (exact) mass is 244 g/mol. The van der Waals surface area contributed by atoms with Crippen molar-refractivity contribution < 1.29 is 0 Å². The van der Waals surface area contributed by atoms with E-state index in [1.54, 1.807) is 16.8 Å². The van der Waals surface area contributed by atoms with Crippen LogP contribution in [0.2, 0.25) is 0 Å². The van der Waals surface area contributed by atoms with E-state index in [1.807, 2.05) is 0 Å². The number of halogens is 1. The van der Waals surface area contributed by atoms with Crippen molar-refractivity contribution in [2.75, 3.05) is 5.33 Å². The molecular weight excluding hydrogens is 232 g/mol. The Morgan fingerprint density at radius 2 is 2.23 bits per heavy atom. The lowest BCUT2D eigenvalue weighted by molar-refractivity contribution is 0.579. The van der Waals surface area contributed by atoms with Crippen LogP contribution in [0.15, 0.2) is 23.3 Å². The van der Waals surface area contributed by atoms with Gasteiger partial charge >= 0.3 is 5.69 Å². The lowest BCUT2D eigenvalue weighted by Crippen LogP contribution is -2.21. The third-order valence-corrected chi connectivity index (χ3v) is 2.38. The van der Waals surface area contributed by atoms with E-state index in [-0.39, 0.29) is 5.69 Å². The quantitative estimate of drug-likeness (QED) is 0.585. The first-order chi connectivity index (χ1) is 6.34. The fourth-order valence-corrected chi connectivity index (χ4v) is 1.51. The average molecular weight is 245 g/mol.